The minimum absolute atomic E-state index is 0.0523. The largest absolute Gasteiger partial charge is 0.415 e. The lowest BCUT2D eigenvalue weighted by Crippen LogP contribution is -2.51. The molecule has 10 heteroatoms. The second-order valence-electron chi connectivity index (χ2n) is 7.78. The van der Waals surface area contributed by atoms with E-state index in [9.17, 15) is 13.6 Å². The number of alkyl halides is 3. The van der Waals surface area contributed by atoms with Crippen molar-refractivity contribution in [3.63, 3.8) is 0 Å². The monoisotopic (exact) mass is 445 g/mol. The number of rotatable bonds is 6. The lowest BCUT2D eigenvalue weighted by Gasteiger charge is -2.37. The molecule has 0 atom stereocenters. The van der Waals surface area contributed by atoms with E-state index >= 15 is 4.39 Å². The van der Waals surface area contributed by atoms with Crippen LogP contribution in [0.3, 0.4) is 0 Å². The minimum Gasteiger partial charge on any atom is -0.415 e. The fourth-order valence-electron chi connectivity index (χ4n) is 3.56. The maximum absolute atomic E-state index is 15.6. The summed E-state index contributed by atoms with van der Waals surface area (Å²) in [6, 6.07) is 12.1. The van der Waals surface area contributed by atoms with Crippen LogP contribution in [0.5, 0.6) is 0 Å². The maximum Gasteiger partial charge on any atom is 0.314 e. The number of piperidine rings is 1. The number of benzene rings is 1. The Morgan fingerprint density at radius 3 is 2.47 bits per heavy atom. The molecule has 1 aromatic carbocycles. The van der Waals surface area contributed by atoms with Gasteiger partial charge in [0.2, 0.25) is 5.89 Å². The van der Waals surface area contributed by atoms with Crippen LogP contribution in [0.1, 0.15) is 30.9 Å². The zero-order valence-electron chi connectivity index (χ0n) is 17.4. The first-order valence-electron chi connectivity index (χ1n) is 10.2. The summed E-state index contributed by atoms with van der Waals surface area (Å²) in [6.07, 6.45) is -1.21. The molecule has 0 aliphatic carbocycles. The molecule has 32 heavy (non-hydrogen) atoms. The summed E-state index contributed by atoms with van der Waals surface area (Å²) in [4.78, 5) is 21.0. The molecule has 3 heterocycles. The van der Waals surface area contributed by atoms with Crippen molar-refractivity contribution in [3.8, 4) is 11.5 Å². The molecule has 7 nitrogen and oxygen atoms in total. The molecule has 1 saturated heterocycles. The number of likely N-dealkylation sites (tertiary alicyclic amines) is 1. The minimum atomic E-state index is -2.86. The molecule has 0 saturated carbocycles. The third-order valence-corrected chi connectivity index (χ3v) is 5.49. The third kappa shape index (κ3) is 4.64. The van der Waals surface area contributed by atoms with E-state index in [-0.39, 0.29) is 25.3 Å². The molecule has 2 aromatic heterocycles. The number of hydrogen-bond acceptors (Lipinski definition) is 6. The Balaban J connectivity index is 1.56. The number of nitrogens with zero attached hydrogens (tertiary/aromatic N) is 5. The molecular weight excluding hydrogens is 423 g/mol. The van der Waals surface area contributed by atoms with Crippen LogP contribution in [-0.4, -0.2) is 51.8 Å². The Kier molecular flexibility index (Phi) is 6.22. The normalized spacial score (nSPS) is 16.3. The SMILES string of the molecule is CN1CCC(F)(C(=O)N(Cc2ccc(-c3nnc(C(F)F)o3)cn2)c2ccccc2)CC1. The van der Waals surface area contributed by atoms with Crippen LogP contribution in [0, 0.1) is 0 Å². The summed E-state index contributed by atoms with van der Waals surface area (Å²) in [5.74, 6) is -1.44. The van der Waals surface area contributed by atoms with E-state index in [1.807, 2.05) is 18.0 Å². The van der Waals surface area contributed by atoms with Gasteiger partial charge in [-0.05, 0) is 31.3 Å². The van der Waals surface area contributed by atoms with Gasteiger partial charge in [0.1, 0.15) is 0 Å². The third-order valence-electron chi connectivity index (χ3n) is 5.49. The molecule has 0 spiro atoms. The van der Waals surface area contributed by atoms with Crippen molar-refractivity contribution in [3.05, 3.63) is 60.2 Å². The average molecular weight is 445 g/mol. The van der Waals surface area contributed by atoms with Gasteiger partial charge < -0.3 is 14.2 Å². The Morgan fingerprint density at radius 1 is 1.16 bits per heavy atom. The summed E-state index contributed by atoms with van der Waals surface area (Å²) < 4.78 is 45.9. The number of halogens is 3. The molecule has 168 valence electrons. The lowest BCUT2D eigenvalue weighted by atomic mass is 9.91. The Bertz CT molecular complexity index is 1050. The van der Waals surface area contributed by atoms with Gasteiger partial charge in [-0.1, -0.05) is 18.2 Å². The van der Waals surface area contributed by atoms with Crippen LogP contribution in [-0.2, 0) is 11.3 Å². The van der Waals surface area contributed by atoms with Gasteiger partial charge in [0, 0.05) is 37.8 Å². The summed E-state index contributed by atoms with van der Waals surface area (Å²) in [7, 11) is 1.90. The molecule has 0 N–H and O–H groups in total. The quantitative estimate of drug-likeness (QED) is 0.570. The predicted molar refractivity (Wildman–Crippen MR) is 111 cm³/mol. The molecule has 4 rings (SSSR count). The van der Waals surface area contributed by atoms with Crippen LogP contribution >= 0.6 is 0 Å². The molecule has 0 bridgehead atoms. The van der Waals surface area contributed by atoms with Crippen molar-refractivity contribution in [1.82, 2.24) is 20.1 Å². The van der Waals surface area contributed by atoms with E-state index in [2.05, 4.69) is 15.2 Å². The molecule has 0 unspecified atom stereocenters. The van der Waals surface area contributed by atoms with Crippen molar-refractivity contribution in [1.29, 1.82) is 0 Å². The van der Waals surface area contributed by atoms with Gasteiger partial charge in [-0.25, -0.2) is 4.39 Å². The van der Waals surface area contributed by atoms with Crippen molar-refractivity contribution in [2.75, 3.05) is 25.0 Å². The van der Waals surface area contributed by atoms with Gasteiger partial charge in [-0.3, -0.25) is 9.78 Å². The topological polar surface area (TPSA) is 75.4 Å². The summed E-state index contributed by atoms with van der Waals surface area (Å²) in [6.45, 7) is 1.06. The number of aromatic nitrogens is 3. The molecule has 1 aliphatic rings. The number of carbonyl (C=O) groups is 1. The van der Waals surface area contributed by atoms with Crippen molar-refractivity contribution in [2.45, 2.75) is 31.5 Å². The van der Waals surface area contributed by atoms with Crippen molar-refractivity contribution in [2.24, 2.45) is 0 Å². The van der Waals surface area contributed by atoms with Gasteiger partial charge >= 0.3 is 6.43 Å². The van der Waals surface area contributed by atoms with Crippen LogP contribution in [0.2, 0.25) is 0 Å². The van der Waals surface area contributed by atoms with E-state index in [0.717, 1.165) is 0 Å². The summed E-state index contributed by atoms with van der Waals surface area (Å²) in [5, 5.41) is 6.89. The molecule has 1 fully saturated rings. The van der Waals surface area contributed by atoms with E-state index in [4.69, 9.17) is 4.42 Å². The standard InChI is InChI=1S/C22H22F3N5O2/c1-29-11-9-22(25,10-12-29)21(31)30(17-5-3-2-4-6-17)14-16-8-7-15(13-26-16)19-27-28-20(32-19)18(23)24/h2-8,13,18H,9-12,14H2,1H3. The Hall–Kier alpha value is -3.27. The van der Waals surface area contributed by atoms with Gasteiger partial charge in [0.05, 0.1) is 17.8 Å². The van der Waals surface area contributed by atoms with Crippen molar-refractivity contribution < 1.29 is 22.4 Å². The van der Waals surface area contributed by atoms with Crippen molar-refractivity contribution >= 4 is 11.6 Å². The predicted octanol–water partition coefficient (Wildman–Crippen LogP) is 4.04. The molecule has 0 radical (unpaired) electrons. The molecule has 1 amide bonds. The first kappa shape index (κ1) is 21.9. The summed E-state index contributed by atoms with van der Waals surface area (Å²) >= 11 is 0. The Labute approximate surface area is 182 Å². The molecule has 1 aliphatic heterocycles. The second kappa shape index (κ2) is 9.07. The highest BCUT2D eigenvalue weighted by Crippen LogP contribution is 2.31. The zero-order valence-corrected chi connectivity index (χ0v) is 17.4. The van der Waals surface area contributed by atoms with Gasteiger partial charge in [0.15, 0.2) is 5.67 Å². The zero-order chi connectivity index (χ0) is 22.7. The first-order chi connectivity index (χ1) is 15.4. The van der Waals surface area contributed by atoms with Gasteiger partial charge in [0.25, 0.3) is 11.8 Å². The van der Waals surface area contributed by atoms with E-state index in [0.29, 0.717) is 30.0 Å². The number of amides is 1. The highest BCUT2D eigenvalue weighted by molar-refractivity contribution is 5.99. The second-order valence-corrected chi connectivity index (χ2v) is 7.78. The number of anilines is 1. The van der Waals surface area contributed by atoms with Crippen LogP contribution in [0.25, 0.3) is 11.5 Å². The highest BCUT2D eigenvalue weighted by Gasteiger charge is 2.44. The number of pyridine rings is 1. The smallest absolute Gasteiger partial charge is 0.314 e. The van der Waals surface area contributed by atoms with Crippen LogP contribution < -0.4 is 4.90 Å². The molecular formula is C22H22F3N5O2. The number of para-hydroxylation sites is 1. The van der Waals surface area contributed by atoms with E-state index in [1.165, 1.54) is 11.1 Å². The number of carbonyl (C=O) groups excluding carboxylic acids is 1. The molecule has 3 aromatic rings. The average Bonchev–Trinajstić information content (AvgIpc) is 3.31. The first-order valence-corrected chi connectivity index (χ1v) is 10.2. The van der Waals surface area contributed by atoms with Crippen LogP contribution in [0.15, 0.2) is 53.1 Å². The van der Waals surface area contributed by atoms with E-state index < -0.39 is 23.9 Å². The van der Waals surface area contributed by atoms with Gasteiger partial charge in [-0.15, -0.1) is 10.2 Å². The summed E-state index contributed by atoms with van der Waals surface area (Å²) in [5.41, 5.74) is -0.519. The number of hydrogen-bond donors (Lipinski definition) is 0. The van der Waals surface area contributed by atoms with E-state index in [1.54, 1.807) is 36.4 Å². The lowest BCUT2D eigenvalue weighted by molar-refractivity contribution is -0.133. The Morgan fingerprint density at radius 2 is 1.88 bits per heavy atom. The van der Waals surface area contributed by atoms with Gasteiger partial charge in [-0.2, -0.15) is 8.78 Å². The fourth-order valence-corrected chi connectivity index (χ4v) is 3.56. The maximum atomic E-state index is 15.6. The van der Waals surface area contributed by atoms with Crippen LogP contribution in [0.4, 0.5) is 18.9 Å². The highest BCUT2D eigenvalue weighted by atomic mass is 19.3. The fraction of sp³-hybridized carbons (Fsp3) is 0.364.